The Hall–Kier alpha value is -2.54. The predicted octanol–water partition coefficient (Wildman–Crippen LogP) is 3.45. The van der Waals surface area contributed by atoms with E-state index in [0.717, 1.165) is 17.3 Å². The van der Waals surface area contributed by atoms with Crippen molar-refractivity contribution in [1.82, 2.24) is 0 Å². The van der Waals surface area contributed by atoms with Crippen molar-refractivity contribution in [1.29, 1.82) is 0 Å². The zero-order valence-corrected chi connectivity index (χ0v) is 14.8. The van der Waals surface area contributed by atoms with Gasteiger partial charge in [0.15, 0.2) is 0 Å². The summed E-state index contributed by atoms with van der Waals surface area (Å²) in [6.07, 6.45) is 0. The third-order valence-electron chi connectivity index (χ3n) is 3.24. The summed E-state index contributed by atoms with van der Waals surface area (Å²) in [6, 6.07) is 11.4. The number of anilines is 2. The molecule has 0 unspecified atom stereocenters. The average molecular weight is 362 g/mol. The fourth-order valence-corrected chi connectivity index (χ4v) is 2.71. The Labute approximate surface area is 150 Å². The summed E-state index contributed by atoms with van der Waals surface area (Å²) in [5, 5.41) is 5.23. The highest BCUT2D eigenvalue weighted by Gasteiger charge is 2.10. The van der Waals surface area contributed by atoms with E-state index in [-0.39, 0.29) is 29.0 Å². The van der Waals surface area contributed by atoms with Crippen LogP contribution in [0.2, 0.25) is 0 Å². The van der Waals surface area contributed by atoms with Crippen molar-refractivity contribution in [2.45, 2.75) is 6.92 Å². The summed E-state index contributed by atoms with van der Waals surface area (Å²) in [6.45, 7) is 1.91. The Kier molecular flexibility index (Phi) is 6.82. The van der Waals surface area contributed by atoms with Crippen molar-refractivity contribution in [2.24, 2.45) is 0 Å². The van der Waals surface area contributed by atoms with Gasteiger partial charge in [0.05, 0.1) is 30.0 Å². The average Bonchev–Trinajstić information content (AvgIpc) is 2.57. The molecule has 0 aliphatic heterocycles. The van der Waals surface area contributed by atoms with E-state index in [0.29, 0.717) is 11.4 Å². The molecule has 2 aromatic carbocycles. The number of hydrogen-bond acceptors (Lipinski definition) is 4. The van der Waals surface area contributed by atoms with E-state index in [1.165, 1.54) is 19.2 Å². The zero-order chi connectivity index (χ0) is 18.2. The number of methoxy groups -OCH3 is 1. The number of halogens is 1. The molecule has 0 heterocycles. The number of amides is 2. The first kappa shape index (κ1) is 18.8. The molecule has 0 aliphatic carbocycles. The van der Waals surface area contributed by atoms with Crippen LogP contribution in [0.4, 0.5) is 15.8 Å². The van der Waals surface area contributed by atoms with Crippen molar-refractivity contribution in [3.05, 3.63) is 53.8 Å². The smallest absolute Gasteiger partial charge is 0.234 e. The number of rotatable bonds is 7. The second-order valence-corrected chi connectivity index (χ2v) is 6.26. The lowest BCUT2D eigenvalue weighted by Crippen LogP contribution is -2.19. The van der Waals surface area contributed by atoms with Crippen molar-refractivity contribution in [2.75, 3.05) is 29.2 Å². The summed E-state index contributed by atoms with van der Waals surface area (Å²) in [5.41, 5.74) is 1.71. The van der Waals surface area contributed by atoms with Gasteiger partial charge in [-0.1, -0.05) is 18.2 Å². The molecule has 2 amide bonds. The lowest BCUT2D eigenvalue weighted by molar-refractivity contribution is -0.114. The van der Waals surface area contributed by atoms with Crippen LogP contribution in [-0.4, -0.2) is 30.4 Å². The number of ether oxygens (including phenoxy) is 1. The zero-order valence-electron chi connectivity index (χ0n) is 14.0. The second-order valence-electron chi connectivity index (χ2n) is 5.27. The SMILES string of the molecule is COc1ccc(C)cc1NC(=O)CSCC(=O)Nc1ccccc1F. The van der Waals surface area contributed by atoms with Gasteiger partial charge in [-0.2, -0.15) is 0 Å². The highest BCUT2D eigenvalue weighted by molar-refractivity contribution is 8.00. The number of carbonyl (C=O) groups excluding carboxylic acids is 2. The van der Waals surface area contributed by atoms with E-state index in [2.05, 4.69) is 10.6 Å². The van der Waals surface area contributed by atoms with E-state index in [9.17, 15) is 14.0 Å². The van der Waals surface area contributed by atoms with E-state index >= 15 is 0 Å². The minimum Gasteiger partial charge on any atom is -0.495 e. The van der Waals surface area contributed by atoms with Crippen molar-refractivity contribution < 1.29 is 18.7 Å². The van der Waals surface area contributed by atoms with Crippen molar-refractivity contribution >= 4 is 35.0 Å². The molecule has 0 spiro atoms. The van der Waals surface area contributed by atoms with Gasteiger partial charge in [-0.05, 0) is 36.8 Å². The van der Waals surface area contributed by atoms with Crippen LogP contribution in [0, 0.1) is 12.7 Å². The second kappa shape index (κ2) is 9.08. The normalized spacial score (nSPS) is 10.2. The largest absolute Gasteiger partial charge is 0.495 e. The molecule has 0 fully saturated rings. The van der Waals surface area contributed by atoms with E-state index in [4.69, 9.17) is 4.74 Å². The topological polar surface area (TPSA) is 67.4 Å². The fraction of sp³-hybridized carbons (Fsp3) is 0.222. The lowest BCUT2D eigenvalue weighted by atomic mass is 10.2. The maximum atomic E-state index is 13.4. The van der Waals surface area contributed by atoms with Gasteiger partial charge in [0, 0.05) is 0 Å². The van der Waals surface area contributed by atoms with Gasteiger partial charge >= 0.3 is 0 Å². The van der Waals surface area contributed by atoms with Crippen molar-refractivity contribution in [3.63, 3.8) is 0 Å². The van der Waals surface area contributed by atoms with Crippen LogP contribution in [0.5, 0.6) is 5.75 Å². The van der Waals surface area contributed by atoms with E-state index in [1.54, 1.807) is 18.2 Å². The van der Waals surface area contributed by atoms with Crippen LogP contribution in [-0.2, 0) is 9.59 Å². The molecule has 0 saturated heterocycles. The Morgan fingerprint density at radius 2 is 1.68 bits per heavy atom. The molecule has 5 nitrogen and oxygen atoms in total. The number of benzene rings is 2. The number of para-hydroxylation sites is 1. The number of nitrogens with one attached hydrogen (secondary N) is 2. The molecular formula is C18H19FN2O3S. The molecule has 7 heteroatoms. The fourth-order valence-electron chi connectivity index (χ4n) is 2.09. The Morgan fingerprint density at radius 3 is 2.32 bits per heavy atom. The first-order chi connectivity index (χ1) is 12.0. The van der Waals surface area contributed by atoms with Crippen LogP contribution in [0.3, 0.4) is 0 Å². The summed E-state index contributed by atoms with van der Waals surface area (Å²) < 4.78 is 18.6. The maximum absolute atomic E-state index is 13.4. The Morgan fingerprint density at radius 1 is 1.04 bits per heavy atom. The van der Waals surface area contributed by atoms with Crippen LogP contribution in [0.1, 0.15) is 5.56 Å². The van der Waals surface area contributed by atoms with E-state index < -0.39 is 5.82 Å². The molecule has 2 N–H and O–H groups in total. The van der Waals surface area contributed by atoms with Gasteiger partial charge in [0.2, 0.25) is 11.8 Å². The molecule has 25 heavy (non-hydrogen) atoms. The summed E-state index contributed by atoms with van der Waals surface area (Å²) >= 11 is 1.14. The number of carbonyl (C=O) groups is 2. The minimum atomic E-state index is -0.495. The molecule has 0 radical (unpaired) electrons. The number of aryl methyl sites for hydroxylation is 1. The third-order valence-corrected chi connectivity index (χ3v) is 4.18. The molecule has 0 aromatic heterocycles. The number of thioether (sulfide) groups is 1. The van der Waals surface area contributed by atoms with Crippen molar-refractivity contribution in [3.8, 4) is 5.75 Å². The van der Waals surface area contributed by atoms with Gasteiger partial charge in [0.25, 0.3) is 0 Å². The third kappa shape index (κ3) is 5.79. The Balaban J connectivity index is 1.80. The quantitative estimate of drug-likeness (QED) is 0.792. The molecule has 0 bridgehead atoms. The molecule has 0 aliphatic rings. The monoisotopic (exact) mass is 362 g/mol. The molecule has 0 saturated carbocycles. The lowest BCUT2D eigenvalue weighted by Gasteiger charge is -2.11. The van der Waals surface area contributed by atoms with Crippen LogP contribution in [0.25, 0.3) is 0 Å². The summed E-state index contributed by atoms with van der Waals surface area (Å²) in [7, 11) is 1.53. The highest BCUT2D eigenvalue weighted by atomic mass is 32.2. The molecule has 0 atom stereocenters. The molecule has 132 valence electrons. The van der Waals surface area contributed by atoms with Gasteiger partial charge in [0.1, 0.15) is 11.6 Å². The molecule has 2 rings (SSSR count). The van der Waals surface area contributed by atoms with Gasteiger partial charge in [-0.15, -0.1) is 11.8 Å². The van der Waals surface area contributed by atoms with Gasteiger partial charge < -0.3 is 15.4 Å². The first-order valence-corrected chi connectivity index (χ1v) is 8.71. The minimum absolute atomic E-state index is 0.0483. The standard InChI is InChI=1S/C18H19FN2O3S/c1-12-7-8-16(24-2)15(9-12)21-18(23)11-25-10-17(22)20-14-6-4-3-5-13(14)19/h3-9H,10-11H2,1-2H3,(H,20,22)(H,21,23). The molecule has 2 aromatic rings. The van der Waals surface area contributed by atoms with E-state index in [1.807, 2.05) is 19.1 Å². The van der Waals surface area contributed by atoms with Crippen LogP contribution in [0.15, 0.2) is 42.5 Å². The van der Waals surface area contributed by atoms with Gasteiger partial charge in [-0.3, -0.25) is 9.59 Å². The van der Waals surface area contributed by atoms with Gasteiger partial charge in [-0.25, -0.2) is 4.39 Å². The Bertz CT molecular complexity index is 768. The van der Waals surface area contributed by atoms with Crippen LogP contribution >= 0.6 is 11.8 Å². The highest BCUT2D eigenvalue weighted by Crippen LogP contribution is 2.25. The summed E-state index contributed by atoms with van der Waals surface area (Å²) in [4.78, 5) is 23.8. The predicted molar refractivity (Wildman–Crippen MR) is 98.7 cm³/mol. The maximum Gasteiger partial charge on any atom is 0.234 e. The molecular weight excluding hydrogens is 343 g/mol. The van der Waals surface area contributed by atoms with Crippen LogP contribution < -0.4 is 15.4 Å². The summed E-state index contributed by atoms with van der Waals surface area (Å²) in [5.74, 6) is -0.385. The number of hydrogen-bond donors (Lipinski definition) is 2. The first-order valence-electron chi connectivity index (χ1n) is 7.56.